The minimum absolute atomic E-state index is 0.0569. The molecule has 3 heterocycles. The maximum Gasteiger partial charge on any atom is 0.312 e. The molecular weight excluding hydrogens is 257 g/mol. The summed E-state index contributed by atoms with van der Waals surface area (Å²) in [6.07, 6.45) is -1.35. The molecule has 1 fully saturated rings. The van der Waals surface area contributed by atoms with Crippen LogP contribution in [-0.4, -0.2) is 48.5 Å². The largest absolute Gasteiger partial charge is 0.394 e. The van der Waals surface area contributed by atoms with Crippen molar-refractivity contribution in [3.8, 4) is 0 Å². The number of nitrogen functional groups attached to an aromatic ring is 1. The van der Waals surface area contributed by atoms with Crippen molar-refractivity contribution in [2.24, 2.45) is 0 Å². The van der Waals surface area contributed by atoms with Crippen LogP contribution in [0.2, 0.25) is 0 Å². The first-order valence-electron chi connectivity index (χ1n) is 5.70. The van der Waals surface area contributed by atoms with Gasteiger partial charge in [-0.1, -0.05) is 0 Å². The molecule has 0 spiro atoms. The maximum atomic E-state index is 13.2. The van der Waals surface area contributed by atoms with Crippen molar-refractivity contribution in [1.82, 2.24) is 19.5 Å². The lowest BCUT2D eigenvalue weighted by Gasteiger charge is -2.13. The zero-order valence-electron chi connectivity index (χ0n) is 9.77. The van der Waals surface area contributed by atoms with Crippen LogP contribution < -0.4 is 5.73 Å². The first-order valence-corrected chi connectivity index (χ1v) is 5.70. The molecule has 8 nitrogen and oxygen atoms in total. The topological polar surface area (TPSA) is 119 Å². The molecule has 4 N–H and O–H groups in total. The summed E-state index contributed by atoms with van der Waals surface area (Å²) in [6.45, 7) is -0.296. The molecule has 9 heteroatoms. The predicted octanol–water partition coefficient (Wildman–Crippen LogP) is -0.812. The molecule has 102 valence electrons. The Balaban J connectivity index is 2.02. The van der Waals surface area contributed by atoms with E-state index in [0.29, 0.717) is 0 Å². The molecule has 0 aliphatic carbocycles. The fourth-order valence-electron chi connectivity index (χ4n) is 2.17. The molecule has 1 aliphatic rings. The molecule has 19 heavy (non-hydrogen) atoms. The average molecular weight is 269 g/mol. The number of halogens is 1. The Kier molecular flexibility index (Phi) is 2.81. The highest BCUT2D eigenvalue weighted by Gasteiger charge is 2.35. The Morgan fingerprint density at radius 2 is 2.32 bits per heavy atom. The monoisotopic (exact) mass is 269 g/mol. The van der Waals surface area contributed by atoms with E-state index in [4.69, 9.17) is 15.6 Å². The molecule has 0 unspecified atom stereocenters. The third kappa shape index (κ3) is 1.91. The second kappa shape index (κ2) is 4.37. The number of hydrogen-bond acceptors (Lipinski definition) is 7. The van der Waals surface area contributed by atoms with Crippen molar-refractivity contribution in [2.45, 2.75) is 24.9 Å². The van der Waals surface area contributed by atoms with Gasteiger partial charge in [0.15, 0.2) is 17.0 Å². The Morgan fingerprint density at radius 3 is 3.00 bits per heavy atom. The van der Waals surface area contributed by atoms with Gasteiger partial charge in [-0.2, -0.15) is 14.4 Å². The van der Waals surface area contributed by atoms with E-state index in [-0.39, 0.29) is 30.0 Å². The second-order valence-electron chi connectivity index (χ2n) is 4.32. The van der Waals surface area contributed by atoms with E-state index < -0.39 is 24.5 Å². The number of fused-ring (bicyclic) bond motifs is 1. The summed E-state index contributed by atoms with van der Waals surface area (Å²) in [7, 11) is 0. The van der Waals surface area contributed by atoms with Gasteiger partial charge in [0.25, 0.3) is 0 Å². The van der Waals surface area contributed by atoms with Crippen molar-refractivity contribution in [3.05, 3.63) is 12.4 Å². The van der Waals surface area contributed by atoms with E-state index in [1.165, 1.54) is 10.9 Å². The fourth-order valence-corrected chi connectivity index (χ4v) is 2.17. The molecule has 0 saturated carbocycles. The summed E-state index contributed by atoms with van der Waals surface area (Å²) in [4.78, 5) is 11.0. The van der Waals surface area contributed by atoms with Crippen molar-refractivity contribution in [2.75, 3.05) is 12.3 Å². The van der Waals surface area contributed by atoms with Gasteiger partial charge in [0.2, 0.25) is 0 Å². The van der Waals surface area contributed by atoms with Gasteiger partial charge in [0.05, 0.1) is 19.0 Å². The second-order valence-corrected chi connectivity index (χ2v) is 4.32. The van der Waals surface area contributed by atoms with Gasteiger partial charge in [-0.25, -0.2) is 4.98 Å². The highest BCUT2D eigenvalue weighted by Crippen LogP contribution is 2.31. The van der Waals surface area contributed by atoms with Crippen LogP contribution >= 0.6 is 0 Å². The number of aliphatic hydroxyl groups excluding tert-OH is 2. The van der Waals surface area contributed by atoms with Gasteiger partial charge in [-0.05, 0) is 0 Å². The number of aliphatic hydroxyl groups is 2. The van der Waals surface area contributed by atoms with Crippen LogP contribution in [-0.2, 0) is 4.74 Å². The number of hydrogen-bond donors (Lipinski definition) is 3. The van der Waals surface area contributed by atoms with Crippen LogP contribution in [0, 0.1) is 6.08 Å². The Labute approximate surface area is 106 Å². The number of nitrogens with zero attached hydrogens (tertiary/aromatic N) is 4. The van der Waals surface area contributed by atoms with Gasteiger partial charge >= 0.3 is 6.08 Å². The Morgan fingerprint density at radius 1 is 1.53 bits per heavy atom. The van der Waals surface area contributed by atoms with Gasteiger partial charge in [-0.3, -0.25) is 4.57 Å². The third-order valence-corrected chi connectivity index (χ3v) is 3.12. The predicted molar refractivity (Wildman–Crippen MR) is 61.3 cm³/mol. The molecule has 0 bridgehead atoms. The quantitative estimate of drug-likeness (QED) is 0.610. The standard InChI is InChI=1S/C10H12FN5O3/c11-10-14-8(12)7-9(15-10)16(3-13-7)6-1-4(18)5(2-17)19-6/h3-6,17-18H,1-2H2,(H2,12,14,15)/t4-,5+,6-/m0/s1. The highest BCUT2D eigenvalue weighted by atomic mass is 19.1. The summed E-state index contributed by atoms with van der Waals surface area (Å²) in [5.41, 5.74) is 6.02. The van der Waals surface area contributed by atoms with Crippen molar-refractivity contribution >= 4 is 17.0 Å². The first kappa shape index (κ1) is 12.2. The average Bonchev–Trinajstić information content (AvgIpc) is 2.92. The molecule has 1 aliphatic heterocycles. The van der Waals surface area contributed by atoms with E-state index in [1.54, 1.807) is 0 Å². The molecule has 0 amide bonds. The van der Waals surface area contributed by atoms with E-state index in [9.17, 15) is 9.50 Å². The van der Waals surface area contributed by atoms with Gasteiger partial charge < -0.3 is 20.7 Å². The number of ether oxygens (including phenoxy) is 1. The zero-order chi connectivity index (χ0) is 13.6. The lowest BCUT2D eigenvalue weighted by atomic mass is 10.2. The van der Waals surface area contributed by atoms with E-state index in [1.807, 2.05) is 0 Å². The maximum absolute atomic E-state index is 13.2. The highest BCUT2D eigenvalue weighted by molar-refractivity contribution is 5.81. The zero-order valence-corrected chi connectivity index (χ0v) is 9.77. The fraction of sp³-hybridized carbons (Fsp3) is 0.500. The molecule has 3 rings (SSSR count). The molecule has 2 aromatic rings. The summed E-state index contributed by atoms with van der Waals surface area (Å²) < 4.78 is 20.1. The molecule has 3 atom stereocenters. The lowest BCUT2D eigenvalue weighted by Crippen LogP contribution is -2.24. The molecule has 0 radical (unpaired) electrons. The van der Waals surface area contributed by atoms with E-state index >= 15 is 0 Å². The molecule has 2 aromatic heterocycles. The SMILES string of the molecule is Nc1nc(F)nc2c1ncn2[C@@H]1C[C@H](O)[C@@H](CO)O1. The van der Waals surface area contributed by atoms with Crippen molar-refractivity contribution in [1.29, 1.82) is 0 Å². The van der Waals surface area contributed by atoms with Gasteiger partial charge in [0.1, 0.15) is 12.3 Å². The first-order chi connectivity index (χ1) is 9.10. The molecule has 1 saturated heterocycles. The van der Waals surface area contributed by atoms with Crippen LogP contribution in [0.5, 0.6) is 0 Å². The van der Waals surface area contributed by atoms with Crippen LogP contribution in [0.4, 0.5) is 10.2 Å². The third-order valence-electron chi connectivity index (χ3n) is 3.12. The summed E-state index contributed by atoms with van der Waals surface area (Å²) in [5, 5.41) is 18.7. The minimum atomic E-state index is -0.955. The number of aromatic nitrogens is 4. The summed E-state index contributed by atoms with van der Waals surface area (Å²) in [5.74, 6) is -0.0569. The smallest absolute Gasteiger partial charge is 0.312 e. The molecule has 0 aromatic carbocycles. The van der Waals surface area contributed by atoms with Gasteiger partial charge in [0, 0.05) is 6.42 Å². The van der Waals surface area contributed by atoms with Crippen LogP contribution in [0.1, 0.15) is 12.6 Å². The minimum Gasteiger partial charge on any atom is -0.394 e. The Hall–Kier alpha value is -1.84. The van der Waals surface area contributed by atoms with Crippen molar-refractivity contribution < 1.29 is 19.3 Å². The van der Waals surface area contributed by atoms with Crippen LogP contribution in [0.15, 0.2) is 6.33 Å². The van der Waals surface area contributed by atoms with Crippen molar-refractivity contribution in [3.63, 3.8) is 0 Å². The normalized spacial score (nSPS) is 27.2. The lowest BCUT2D eigenvalue weighted by molar-refractivity contribution is -0.0432. The Bertz CT molecular complexity index is 618. The van der Waals surface area contributed by atoms with Crippen LogP contribution in [0.3, 0.4) is 0 Å². The number of nitrogens with two attached hydrogens (primary N) is 1. The summed E-state index contributed by atoms with van der Waals surface area (Å²) >= 11 is 0. The number of anilines is 1. The molecular formula is C10H12FN5O3. The summed E-state index contributed by atoms with van der Waals surface area (Å²) in [6, 6.07) is 0. The van der Waals surface area contributed by atoms with E-state index in [0.717, 1.165) is 0 Å². The number of rotatable bonds is 2. The van der Waals surface area contributed by atoms with Crippen LogP contribution in [0.25, 0.3) is 11.2 Å². The van der Waals surface area contributed by atoms with E-state index in [2.05, 4.69) is 15.0 Å². The van der Waals surface area contributed by atoms with Gasteiger partial charge in [-0.15, -0.1) is 0 Å². The number of imidazole rings is 1.